The van der Waals surface area contributed by atoms with Crippen molar-refractivity contribution in [2.75, 3.05) is 5.32 Å². The Balaban J connectivity index is 1.94. The third kappa shape index (κ3) is 3.12. The van der Waals surface area contributed by atoms with E-state index in [0.717, 1.165) is 47.2 Å². The van der Waals surface area contributed by atoms with Crippen molar-refractivity contribution in [2.45, 2.75) is 39.2 Å². The topological polar surface area (TPSA) is 88.0 Å². The fraction of sp³-hybridized carbons (Fsp3) is 0.368. The largest absolute Gasteiger partial charge is 0.478 e. The van der Waals surface area contributed by atoms with E-state index in [2.05, 4.69) is 29.1 Å². The standard InChI is InChI=1S/C19H20N4O2/c1-10(2)7-16-20-9-14-13-6-3-11(19(24)25)8-15(13)22-18(17(14)23-16)21-12-4-5-12/h3,6,8-10,12H,4-5,7H2,1-2H3,(H,21,22)(H,24,25). The predicted molar refractivity (Wildman–Crippen MR) is 97.0 cm³/mol. The van der Waals surface area contributed by atoms with Crippen LogP contribution in [0.1, 0.15) is 42.9 Å². The van der Waals surface area contributed by atoms with Crippen LogP contribution >= 0.6 is 0 Å². The van der Waals surface area contributed by atoms with Gasteiger partial charge in [0.15, 0.2) is 5.82 Å². The molecular formula is C19H20N4O2. The molecule has 1 aliphatic carbocycles. The summed E-state index contributed by atoms with van der Waals surface area (Å²) < 4.78 is 0. The maximum Gasteiger partial charge on any atom is 0.335 e. The summed E-state index contributed by atoms with van der Waals surface area (Å²) >= 11 is 0. The van der Waals surface area contributed by atoms with Gasteiger partial charge in [0.1, 0.15) is 11.3 Å². The molecule has 3 aromatic rings. The van der Waals surface area contributed by atoms with E-state index in [0.29, 0.717) is 17.5 Å². The highest BCUT2D eigenvalue weighted by Gasteiger charge is 2.23. The number of pyridine rings is 1. The number of nitrogens with one attached hydrogen (secondary N) is 1. The minimum absolute atomic E-state index is 0.231. The molecule has 0 atom stereocenters. The third-order valence-electron chi connectivity index (χ3n) is 4.34. The summed E-state index contributed by atoms with van der Waals surface area (Å²) in [6.45, 7) is 4.28. The number of nitrogens with zero attached hydrogens (tertiary/aromatic N) is 3. The van der Waals surface area contributed by atoms with Gasteiger partial charge in [-0.15, -0.1) is 0 Å². The second-order valence-corrected chi connectivity index (χ2v) is 7.06. The normalized spacial score (nSPS) is 14.4. The maximum atomic E-state index is 11.3. The quantitative estimate of drug-likeness (QED) is 0.692. The van der Waals surface area contributed by atoms with Crippen LogP contribution in [0, 0.1) is 5.92 Å². The zero-order valence-corrected chi connectivity index (χ0v) is 14.3. The molecule has 0 radical (unpaired) electrons. The van der Waals surface area contributed by atoms with E-state index in [4.69, 9.17) is 4.98 Å². The van der Waals surface area contributed by atoms with Gasteiger partial charge in [0, 0.05) is 29.4 Å². The minimum atomic E-state index is -0.955. The van der Waals surface area contributed by atoms with E-state index in [9.17, 15) is 9.90 Å². The fourth-order valence-electron chi connectivity index (χ4n) is 2.94. The third-order valence-corrected chi connectivity index (χ3v) is 4.34. The Bertz CT molecular complexity index is 980. The lowest BCUT2D eigenvalue weighted by Crippen LogP contribution is -2.07. The molecule has 2 N–H and O–H groups in total. The molecule has 6 nitrogen and oxygen atoms in total. The van der Waals surface area contributed by atoms with Crippen molar-refractivity contribution < 1.29 is 9.90 Å². The molecule has 6 heteroatoms. The Morgan fingerprint density at radius 2 is 2.08 bits per heavy atom. The minimum Gasteiger partial charge on any atom is -0.478 e. The number of benzene rings is 1. The number of rotatable bonds is 5. The van der Waals surface area contributed by atoms with Gasteiger partial charge in [-0.1, -0.05) is 19.9 Å². The van der Waals surface area contributed by atoms with Crippen molar-refractivity contribution in [1.29, 1.82) is 0 Å². The van der Waals surface area contributed by atoms with E-state index >= 15 is 0 Å². The van der Waals surface area contributed by atoms with Crippen LogP contribution in [0.25, 0.3) is 21.8 Å². The first kappa shape index (κ1) is 15.7. The van der Waals surface area contributed by atoms with Gasteiger partial charge in [-0.2, -0.15) is 0 Å². The van der Waals surface area contributed by atoms with Crippen molar-refractivity contribution >= 4 is 33.6 Å². The molecule has 0 saturated heterocycles. The molecular weight excluding hydrogens is 316 g/mol. The lowest BCUT2D eigenvalue weighted by molar-refractivity contribution is 0.0697. The van der Waals surface area contributed by atoms with Crippen LogP contribution in [0.15, 0.2) is 24.4 Å². The number of anilines is 1. The molecule has 0 bridgehead atoms. The first-order chi connectivity index (χ1) is 12.0. The van der Waals surface area contributed by atoms with Gasteiger partial charge >= 0.3 is 5.97 Å². The highest BCUT2D eigenvalue weighted by Crippen LogP contribution is 2.32. The fourth-order valence-corrected chi connectivity index (χ4v) is 2.94. The van der Waals surface area contributed by atoms with Gasteiger partial charge in [-0.25, -0.2) is 19.7 Å². The lowest BCUT2D eigenvalue weighted by Gasteiger charge is -2.12. The van der Waals surface area contributed by atoms with E-state index in [1.54, 1.807) is 18.2 Å². The van der Waals surface area contributed by atoms with E-state index < -0.39 is 5.97 Å². The zero-order valence-electron chi connectivity index (χ0n) is 14.3. The van der Waals surface area contributed by atoms with E-state index in [1.165, 1.54) is 0 Å². The number of fused-ring (bicyclic) bond motifs is 3. The van der Waals surface area contributed by atoms with Crippen LogP contribution in [-0.4, -0.2) is 32.1 Å². The first-order valence-corrected chi connectivity index (χ1v) is 8.60. The summed E-state index contributed by atoms with van der Waals surface area (Å²) in [7, 11) is 0. The number of aromatic carboxylic acids is 1. The zero-order chi connectivity index (χ0) is 17.6. The molecule has 1 saturated carbocycles. The molecule has 0 amide bonds. The van der Waals surface area contributed by atoms with Crippen molar-refractivity contribution in [3.63, 3.8) is 0 Å². The van der Waals surface area contributed by atoms with Gasteiger partial charge in [0.25, 0.3) is 0 Å². The summed E-state index contributed by atoms with van der Waals surface area (Å²) in [6.07, 6.45) is 4.90. The molecule has 0 spiro atoms. The van der Waals surface area contributed by atoms with Crippen LogP contribution in [-0.2, 0) is 6.42 Å². The molecule has 2 aromatic heterocycles. The molecule has 0 aliphatic heterocycles. The predicted octanol–water partition coefficient (Wildman–Crippen LogP) is 3.65. The number of hydrogen-bond acceptors (Lipinski definition) is 5. The van der Waals surface area contributed by atoms with Gasteiger partial charge in [0.2, 0.25) is 0 Å². The molecule has 4 rings (SSSR count). The van der Waals surface area contributed by atoms with E-state index in [-0.39, 0.29) is 5.56 Å². The van der Waals surface area contributed by atoms with Crippen molar-refractivity contribution in [2.24, 2.45) is 5.92 Å². The van der Waals surface area contributed by atoms with Crippen molar-refractivity contribution in [3.8, 4) is 0 Å². The van der Waals surface area contributed by atoms with Crippen LogP contribution in [0.2, 0.25) is 0 Å². The monoisotopic (exact) mass is 336 g/mol. The molecule has 1 fully saturated rings. The van der Waals surface area contributed by atoms with Gasteiger partial charge in [0.05, 0.1) is 11.1 Å². The highest BCUT2D eigenvalue weighted by molar-refractivity contribution is 6.09. The summed E-state index contributed by atoms with van der Waals surface area (Å²) in [4.78, 5) is 25.2. The summed E-state index contributed by atoms with van der Waals surface area (Å²) in [6, 6.07) is 5.43. The molecule has 1 aliphatic rings. The number of carboxylic acid groups (broad SMARTS) is 1. The maximum absolute atomic E-state index is 11.3. The lowest BCUT2D eigenvalue weighted by atomic mass is 10.1. The van der Waals surface area contributed by atoms with Crippen LogP contribution in [0.5, 0.6) is 0 Å². The van der Waals surface area contributed by atoms with Gasteiger partial charge in [-0.05, 0) is 30.9 Å². The number of carbonyl (C=O) groups is 1. The Morgan fingerprint density at radius 1 is 1.28 bits per heavy atom. The summed E-state index contributed by atoms with van der Waals surface area (Å²) in [5, 5.41) is 14.4. The van der Waals surface area contributed by atoms with Crippen molar-refractivity contribution in [1.82, 2.24) is 15.0 Å². The smallest absolute Gasteiger partial charge is 0.335 e. The Kier molecular flexibility index (Phi) is 3.75. The number of carboxylic acids is 1. The Labute approximate surface area is 145 Å². The Hall–Kier alpha value is -2.76. The molecule has 25 heavy (non-hydrogen) atoms. The number of hydrogen-bond donors (Lipinski definition) is 2. The highest BCUT2D eigenvalue weighted by atomic mass is 16.4. The molecule has 1 aromatic carbocycles. The SMILES string of the molecule is CC(C)Cc1ncc2c(n1)c(NC1CC1)nc1cc(C(=O)O)ccc12. The number of aromatic nitrogens is 3. The average Bonchev–Trinajstić information content (AvgIpc) is 3.38. The second-order valence-electron chi connectivity index (χ2n) is 7.06. The van der Waals surface area contributed by atoms with Crippen LogP contribution in [0.3, 0.4) is 0 Å². The first-order valence-electron chi connectivity index (χ1n) is 8.60. The summed E-state index contributed by atoms with van der Waals surface area (Å²) in [5.41, 5.74) is 1.69. The van der Waals surface area contributed by atoms with Crippen LogP contribution in [0.4, 0.5) is 5.82 Å². The average molecular weight is 336 g/mol. The Morgan fingerprint density at radius 3 is 2.76 bits per heavy atom. The molecule has 0 unspecified atom stereocenters. The second kappa shape index (κ2) is 5.95. The van der Waals surface area contributed by atoms with Crippen LogP contribution < -0.4 is 5.32 Å². The van der Waals surface area contributed by atoms with Crippen molar-refractivity contribution in [3.05, 3.63) is 35.8 Å². The van der Waals surface area contributed by atoms with E-state index in [1.807, 2.05) is 6.20 Å². The van der Waals surface area contributed by atoms with Gasteiger partial charge < -0.3 is 10.4 Å². The van der Waals surface area contributed by atoms with Gasteiger partial charge in [-0.3, -0.25) is 0 Å². The molecule has 128 valence electrons. The molecule has 2 heterocycles. The summed E-state index contributed by atoms with van der Waals surface area (Å²) in [5.74, 6) is 1.05.